The lowest BCUT2D eigenvalue weighted by atomic mass is 10.1. The molecule has 0 aromatic carbocycles. The summed E-state index contributed by atoms with van der Waals surface area (Å²) in [6.45, 7) is 5.61. The lowest BCUT2D eigenvalue weighted by Gasteiger charge is -2.11. The lowest BCUT2D eigenvalue weighted by Crippen LogP contribution is -2.39. The molecule has 5 nitrogen and oxygen atoms in total. The van der Waals surface area contributed by atoms with Crippen LogP contribution < -0.4 is 10.6 Å². The molecule has 0 aliphatic carbocycles. The van der Waals surface area contributed by atoms with E-state index in [1.165, 1.54) is 10.4 Å². The number of aliphatic imine (C=N–C) groups is 1. The van der Waals surface area contributed by atoms with Crippen molar-refractivity contribution in [2.45, 2.75) is 26.7 Å². The van der Waals surface area contributed by atoms with Gasteiger partial charge in [0.1, 0.15) is 5.76 Å². The van der Waals surface area contributed by atoms with Gasteiger partial charge in [0, 0.05) is 30.6 Å². The van der Waals surface area contributed by atoms with E-state index >= 15 is 0 Å². The summed E-state index contributed by atoms with van der Waals surface area (Å²) in [7, 11) is 1.79. The minimum Gasteiger partial charge on any atom is -0.361 e. The maximum absolute atomic E-state index is 5.16. The first-order valence-corrected chi connectivity index (χ1v) is 7.97. The van der Waals surface area contributed by atoms with Crippen molar-refractivity contribution in [3.63, 3.8) is 0 Å². The van der Waals surface area contributed by atoms with Crippen LogP contribution in [0, 0.1) is 13.8 Å². The molecule has 0 unspecified atom stereocenters. The maximum Gasteiger partial charge on any atom is 0.190 e. The highest BCUT2D eigenvalue weighted by Gasteiger charge is 2.08. The van der Waals surface area contributed by atoms with Crippen molar-refractivity contribution in [2.75, 3.05) is 20.1 Å². The Morgan fingerprint density at radius 2 is 2.00 bits per heavy atom. The molecular formula is C15H23IN4OS. The Hall–Kier alpha value is -1.09. The zero-order valence-corrected chi connectivity index (χ0v) is 16.3. The minimum absolute atomic E-state index is 0. The van der Waals surface area contributed by atoms with Crippen LogP contribution in [0.3, 0.4) is 0 Å². The Balaban J connectivity index is 0.00000242. The van der Waals surface area contributed by atoms with E-state index in [9.17, 15) is 0 Å². The molecule has 0 aliphatic heterocycles. The van der Waals surface area contributed by atoms with Crippen LogP contribution in [-0.4, -0.2) is 31.3 Å². The highest BCUT2D eigenvalue weighted by atomic mass is 127. The van der Waals surface area contributed by atoms with E-state index in [2.05, 4.69) is 38.3 Å². The number of rotatable bonds is 6. The first-order chi connectivity index (χ1) is 10.2. The fourth-order valence-electron chi connectivity index (χ4n) is 2.14. The van der Waals surface area contributed by atoms with E-state index in [0.717, 1.165) is 43.3 Å². The van der Waals surface area contributed by atoms with Crippen LogP contribution in [0.2, 0.25) is 0 Å². The van der Waals surface area contributed by atoms with Gasteiger partial charge in [-0.25, -0.2) is 0 Å². The summed E-state index contributed by atoms with van der Waals surface area (Å²) in [5, 5.41) is 12.7. The average molecular weight is 434 g/mol. The molecule has 0 bridgehead atoms. The second kappa shape index (κ2) is 9.83. The van der Waals surface area contributed by atoms with E-state index in [0.29, 0.717) is 0 Å². The highest BCUT2D eigenvalue weighted by Crippen LogP contribution is 2.12. The molecule has 22 heavy (non-hydrogen) atoms. The van der Waals surface area contributed by atoms with Crippen LogP contribution in [-0.2, 0) is 12.8 Å². The van der Waals surface area contributed by atoms with Crippen molar-refractivity contribution in [1.29, 1.82) is 0 Å². The zero-order chi connectivity index (χ0) is 15.1. The molecule has 2 rings (SSSR count). The van der Waals surface area contributed by atoms with Crippen LogP contribution in [0.5, 0.6) is 0 Å². The van der Waals surface area contributed by atoms with Crippen molar-refractivity contribution >= 4 is 41.3 Å². The van der Waals surface area contributed by atoms with Gasteiger partial charge < -0.3 is 15.2 Å². The SMILES string of the molecule is CN=C(NCCc1cccs1)NCCc1c(C)noc1C.I. The quantitative estimate of drug-likeness (QED) is 0.417. The number of thiophene rings is 1. The molecule has 2 aromatic rings. The summed E-state index contributed by atoms with van der Waals surface area (Å²) in [4.78, 5) is 5.61. The Bertz CT molecular complexity index is 561. The third kappa shape index (κ3) is 5.60. The number of aromatic nitrogens is 1. The Morgan fingerprint density at radius 1 is 1.27 bits per heavy atom. The Kier molecular flexibility index (Phi) is 8.47. The molecule has 2 N–H and O–H groups in total. The molecule has 7 heteroatoms. The molecule has 0 amide bonds. The summed E-state index contributed by atoms with van der Waals surface area (Å²) in [6, 6.07) is 4.23. The summed E-state index contributed by atoms with van der Waals surface area (Å²) in [5.74, 6) is 1.73. The summed E-state index contributed by atoms with van der Waals surface area (Å²) >= 11 is 1.78. The standard InChI is InChI=1S/C15H22N4OS.HI/c1-11-14(12(2)20-19-11)7-9-18-15(16-3)17-8-6-13-5-4-10-21-13;/h4-5,10H,6-9H2,1-3H3,(H2,16,17,18);1H. The summed E-state index contributed by atoms with van der Waals surface area (Å²) in [6.07, 6.45) is 1.90. The number of hydrogen-bond acceptors (Lipinski definition) is 4. The third-order valence-electron chi connectivity index (χ3n) is 3.32. The molecular weight excluding hydrogens is 411 g/mol. The molecule has 0 saturated heterocycles. The molecule has 0 radical (unpaired) electrons. The van der Waals surface area contributed by atoms with Gasteiger partial charge in [-0.1, -0.05) is 11.2 Å². The van der Waals surface area contributed by atoms with Gasteiger partial charge in [-0.05, 0) is 38.1 Å². The molecule has 0 spiro atoms. The highest BCUT2D eigenvalue weighted by molar-refractivity contribution is 14.0. The van der Waals surface area contributed by atoms with E-state index in [1.54, 1.807) is 18.4 Å². The van der Waals surface area contributed by atoms with Crippen LogP contribution in [0.1, 0.15) is 21.9 Å². The van der Waals surface area contributed by atoms with E-state index in [-0.39, 0.29) is 24.0 Å². The summed E-state index contributed by atoms with van der Waals surface area (Å²) in [5.41, 5.74) is 2.14. The van der Waals surface area contributed by atoms with Gasteiger partial charge in [-0.2, -0.15) is 0 Å². The predicted octanol–water partition coefficient (Wildman–Crippen LogP) is 2.92. The Labute approximate surface area is 152 Å². The van der Waals surface area contributed by atoms with Gasteiger partial charge in [-0.3, -0.25) is 4.99 Å². The van der Waals surface area contributed by atoms with Gasteiger partial charge in [-0.15, -0.1) is 35.3 Å². The lowest BCUT2D eigenvalue weighted by molar-refractivity contribution is 0.392. The minimum atomic E-state index is 0. The van der Waals surface area contributed by atoms with Gasteiger partial charge in [0.05, 0.1) is 5.69 Å². The smallest absolute Gasteiger partial charge is 0.190 e. The number of guanidine groups is 1. The van der Waals surface area contributed by atoms with Gasteiger partial charge in [0.15, 0.2) is 5.96 Å². The Morgan fingerprint density at radius 3 is 2.55 bits per heavy atom. The first kappa shape index (κ1) is 19.0. The largest absolute Gasteiger partial charge is 0.361 e. The first-order valence-electron chi connectivity index (χ1n) is 7.09. The van der Waals surface area contributed by atoms with Gasteiger partial charge in [0.25, 0.3) is 0 Å². The van der Waals surface area contributed by atoms with Crippen molar-refractivity contribution < 1.29 is 4.52 Å². The number of hydrogen-bond donors (Lipinski definition) is 2. The van der Waals surface area contributed by atoms with Crippen molar-refractivity contribution in [1.82, 2.24) is 15.8 Å². The fraction of sp³-hybridized carbons (Fsp3) is 0.467. The van der Waals surface area contributed by atoms with Crippen molar-refractivity contribution in [3.8, 4) is 0 Å². The summed E-state index contributed by atoms with van der Waals surface area (Å²) < 4.78 is 5.16. The maximum atomic E-state index is 5.16. The van der Waals surface area contributed by atoms with Crippen molar-refractivity contribution in [3.05, 3.63) is 39.4 Å². The molecule has 0 fully saturated rings. The van der Waals surface area contributed by atoms with E-state index in [4.69, 9.17) is 4.52 Å². The van der Waals surface area contributed by atoms with Crippen LogP contribution in [0.25, 0.3) is 0 Å². The molecule has 0 saturated carbocycles. The van der Waals surface area contributed by atoms with Crippen LogP contribution in [0.15, 0.2) is 27.0 Å². The predicted molar refractivity (Wildman–Crippen MR) is 102 cm³/mol. The second-order valence-corrected chi connectivity index (χ2v) is 5.84. The fourth-order valence-corrected chi connectivity index (χ4v) is 2.85. The van der Waals surface area contributed by atoms with Crippen LogP contribution >= 0.6 is 35.3 Å². The van der Waals surface area contributed by atoms with Gasteiger partial charge >= 0.3 is 0 Å². The molecule has 0 aliphatic rings. The zero-order valence-electron chi connectivity index (χ0n) is 13.2. The normalized spacial score (nSPS) is 11.1. The number of nitrogens with one attached hydrogen (secondary N) is 2. The molecule has 2 aromatic heterocycles. The molecule has 0 atom stereocenters. The van der Waals surface area contributed by atoms with E-state index < -0.39 is 0 Å². The topological polar surface area (TPSA) is 62.5 Å². The van der Waals surface area contributed by atoms with Crippen LogP contribution in [0.4, 0.5) is 0 Å². The average Bonchev–Trinajstić information content (AvgIpc) is 3.10. The van der Waals surface area contributed by atoms with Crippen molar-refractivity contribution in [2.24, 2.45) is 4.99 Å². The van der Waals surface area contributed by atoms with Gasteiger partial charge in [0.2, 0.25) is 0 Å². The second-order valence-electron chi connectivity index (χ2n) is 4.81. The molecule has 2 heterocycles. The monoisotopic (exact) mass is 434 g/mol. The third-order valence-corrected chi connectivity index (χ3v) is 4.25. The molecule has 122 valence electrons. The number of nitrogens with zero attached hydrogens (tertiary/aromatic N) is 2. The number of halogens is 1. The number of aryl methyl sites for hydroxylation is 2. The van der Waals surface area contributed by atoms with E-state index in [1.807, 2.05) is 13.8 Å².